The second-order valence-corrected chi connectivity index (χ2v) is 5.34. The van der Waals surface area contributed by atoms with Gasteiger partial charge < -0.3 is 14.5 Å². The molecule has 0 spiro atoms. The Morgan fingerprint density at radius 3 is 2.61 bits per heavy atom. The summed E-state index contributed by atoms with van der Waals surface area (Å²) in [4.78, 5) is 24.3. The summed E-state index contributed by atoms with van der Waals surface area (Å²) >= 11 is 3.30. The van der Waals surface area contributed by atoms with E-state index in [9.17, 15) is 9.59 Å². The van der Waals surface area contributed by atoms with Gasteiger partial charge in [0, 0.05) is 16.1 Å². The first-order valence-corrected chi connectivity index (χ1v) is 7.49. The summed E-state index contributed by atoms with van der Waals surface area (Å²) in [6, 6.07) is 10.1. The highest BCUT2D eigenvalue weighted by atomic mass is 79.9. The lowest BCUT2D eigenvalue weighted by atomic mass is 10.2. The molecule has 23 heavy (non-hydrogen) atoms. The second-order valence-electron chi connectivity index (χ2n) is 4.42. The van der Waals surface area contributed by atoms with Crippen LogP contribution in [0.3, 0.4) is 0 Å². The zero-order valence-corrected chi connectivity index (χ0v) is 13.7. The number of hydrogen-bond donors (Lipinski definition) is 1. The zero-order valence-electron chi connectivity index (χ0n) is 12.1. The Morgan fingerprint density at radius 2 is 2.00 bits per heavy atom. The summed E-state index contributed by atoms with van der Waals surface area (Å²) in [6.45, 7) is 3.52. The van der Waals surface area contributed by atoms with Gasteiger partial charge in [-0.15, -0.1) is 0 Å². The minimum absolute atomic E-state index is 0.0188. The molecule has 0 saturated heterocycles. The molecular weight excluding hydrogens is 362 g/mol. The number of carbonyl (C=O) groups excluding carboxylic acids is 2. The molecular formula is C17H14BrNO4. The number of amides is 1. The topological polar surface area (TPSA) is 68.5 Å². The number of esters is 1. The van der Waals surface area contributed by atoms with Crippen molar-refractivity contribution >= 4 is 33.9 Å². The Labute approximate surface area is 141 Å². The summed E-state index contributed by atoms with van der Waals surface area (Å²) in [5.41, 5.74) is 0.393. The SMILES string of the molecule is C=CCOC(=O)C(=Cc1ccco1)NC(=O)c1ccc(Br)cc1. The van der Waals surface area contributed by atoms with Crippen LogP contribution in [0, 0.1) is 0 Å². The van der Waals surface area contributed by atoms with Crippen LogP contribution in [0.15, 0.2) is 69.9 Å². The molecule has 0 aliphatic heterocycles. The minimum atomic E-state index is -0.674. The number of hydrogen-bond acceptors (Lipinski definition) is 4. The lowest BCUT2D eigenvalue weighted by Crippen LogP contribution is -2.28. The number of benzene rings is 1. The van der Waals surface area contributed by atoms with Crippen LogP contribution in [0.2, 0.25) is 0 Å². The van der Waals surface area contributed by atoms with E-state index in [4.69, 9.17) is 9.15 Å². The van der Waals surface area contributed by atoms with E-state index in [1.165, 1.54) is 18.4 Å². The molecule has 5 nitrogen and oxygen atoms in total. The zero-order chi connectivity index (χ0) is 16.7. The fourth-order valence-corrected chi connectivity index (χ4v) is 1.93. The molecule has 118 valence electrons. The lowest BCUT2D eigenvalue weighted by Gasteiger charge is -2.09. The van der Waals surface area contributed by atoms with Crippen LogP contribution < -0.4 is 5.32 Å². The van der Waals surface area contributed by atoms with Crippen molar-refractivity contribution in [1.29, 1.82) is 0 Å². The van der Waals surface area contributed by atoms with E-state index >= 15 is 0 Å². The number of furan rings is 1. The lowest BCUT2D eigenvalue weighted by molar-refractivity contribution is -0.138. The van der Waals surface area contributed by atoms with Crippen molar-refractivity contribution in [3.8, 4) is 0 Å². The average Bonchev–Trinajstić information content (AvgIpc) is 3.05. The fourth-order valence-electron chi connectivity index (χ4n) is 1.67. The smallest absolute Gasteiger partial charge is 0.355 e. The third-order valence-corrected chi connectivity index (χ3v) is 3.27. The van der Waals surface area contributed by atoms with Gasteiger partial charge in [0.2, 0.25) is 0 Å². The van der Waals surface area contributed by atoms with Crippen molar-refractivity contribution in [2.45, 2.75) is 0 Å². The van der Waals surface area contributed by atoms with Gasteiger partial charge in [-0.1, -0.05) is 28.6 Å². The third-order valence-electron chi connectivity index (χ3n) is 2.74. The maximum Gasteiger partial charge on any atom is 0.355 e. The van der Waals surface area contributed by atoms with Crippen LogP contribution >= 0.6 is 15.9 Å². The highest BCUT2D eigenvalue weighted by Crippen LogP contribution is 2.12. The maximum atomic E-state index is 12.2. The van der Waals surface area contributed by atoms with E-state index in [0.717, 1.165) is 4.47 Å². The van der Waals surface area contributed by atoms with Crippen molar-refractivity contribution in [2.24, 2.45) is 0 Å². The number of carbonyl (C=O) groups is 2. The van der Waals surface area contributed by atoms with Crippen molar-refractivity contribution < 1.29 is 18.7 Å². The normalized spacial score (nSPS) is 10.9. The van der Waals surface area contributed by atoms with Gasteiger partial charge >= 0.3 is 5.97 Å². The number of rotatable bonds is 6. The van der Waals surface area contributed by atoms with E-state index in [1.54, 1.807) is 36.4 Å². The molecule has 1 aromatic carbocycles. The Kier molecular flexibility index (Phi) is 5.94. The van der Waals surface area contributed by atoms with E-state index in [-0.39, 0.29) is 12.3 Å². The Hall–Kier alpha value is -2.60. The summed E-state index contributed by atoms with van der Waals surface area (Å²) in [7, 11) is 0. The number of halogens is 1. The molecule has 1 amide bonds. The molecule has 0 atom stereocenters. The summed E-state index contributed by atoms with van der Waals surface area (Å²) < 4.78 is 11.0. The van der Waals surface area contributed by atoms with Crippen LogP contribution in [-0.4, -0.2) is 18.5 Å². The molecule has 0 saturated carbocycles. The van der Waals surface area contributed by atoms with E-state index < -0.39 is 11.9 Å². The van der Waals surface area contributed by atoms with Crippen LogP contribution in [0.25, 0.3) is 6.08 Å². The third kappa shape index (κ3) is 4.96. The van der Waals surface area contributed by atoms with Crippen LogP contribution in [0.4, 0.5) is 0 Å². The van der Waals surface area contributed by atoms with E-state index in [0.29, 0.717) is 11.3 Å². The van der Waals surface area contributed by atoms with Crippen LogP contribution in [0.1, 0.15) is 16.1 Å². The molecule has 0 unspecified atom stereocenters. The van der Waals surface area contributed by atoms with Gasteiger partial charge in [0.1, 0.15) is 18.1 Å². The highest BCUT2D eigenvalue weighted by molar-refractivity contribution is 9.10. The fraction of sp³-hybridized carbons (Fsp3) is 0.0588. The first kappa shape index (κ1) is 16.8. The van der Waals surface area contributed by atoms with Gasteiger partial charge in [-0.2, -0.15) is 0 Å². The van der Waals surface area contributed by atoms with Crippen molar-refractivity contribution in [3.63, 3.8) is 0 Å². The predicted octanol–water partition coefficient (Wildman–Crippen LogP) is 3.54. The molecule has 0 fully saturated rings. The summed E-state index contributed by atoms with van der Waals surface area (Å²) in [5.74, 6) is -0.677. The molecule has 0 radical (unpaired) electrons. The van der Waals surface area contributed by atoms with Gasteiger partial charge in [-0.3, -0.25) is 4.79 Å². The molecule has 1 aromatic heterocycles. The van der Waals surface area contributed by atoms with Crippen molar-refractivity contribution in [3.05, 3.63) is 76.8 Å². The first-order chi connectivity index (χ1) is 11.1. The second kappa shape index (κ2) is 8.14. The van der Waals surface area contributed by atoms with Crippen molar-refractivity contribution in [1.82, 2.24) is 5.32 Å². The van der Waals surface area contributed by atoms with Gasteiger partial charge in [0.15, 0.2) is 0 Å². The Balaban J connectivity index is 2.19. The number of nitrogens with one attached hydrogen (secondary N) is 1. The molecule has 2 rings (SSSR count). The quantitative estimate of drug-likeness (QED) is 0.476. The molecule has 1 N–H and O–H groups in total. The van der Waals surface area contributed by atoms with Gasteiger partial charge in [-0.25, -0.2) is 4.79 Å². The van der Waals surface area contributed by atoms with E-state index in [1.807, 2.05) is 0 Å². The molecule has 2 aromatic rings. The van der Waals surface area contributed by atoms with Crippen LogP contribution in [-0.2, 0) is 9.53 Å². The number of ether oxygens (including phenoxy) is 1. The highest BCUT2D eigenvalue weighted by Gasteiger charge is 2.16. The molecule has 0 aliphatic rings. The molecule has 0 aliphatic carbocycles. The standard InChI is InChI=1S/C17H14BrNO4/c1-2-9-23-17(21)15(11-14-4-3-10-22-14)19-16(20)12-5-7-13(18)8-6-12/h2-8,10-11H,1,9H2,(H,19,20). The van der Waals surface area contributed by atoms with Gasteiger partial charge in [0.05, 0.1) is 6.26 Å². The summed E-state index contributed by atoms with van der Waals surface area (Å²) in [5, 5.41) is 2.54. The minimum Gasteiger partial charge on any atom is -0.465 e. The van der Waals surface area contributed by atoms with Gasteiger partial charge in [0.25, 0.3) is 5.91 Å². The summed E-state index contributed by atoms with van der Waals surface area (Å²) in [6.07, 6.45) is 4.32. The first-order valence-electron chi connectivity index (χ1n) is 6.70. The largest absolute Gasteiger partial charge is 0.465 e. The monoisotopic (exact) mass is 375 g/mol. The molecule has 1 heterocycles. The van der Waals surface area contributed by atoms with Crippen molar-refractivity contribution in [2.75, 3.05) is 6.61 Å². The van der Waals surface area contributed by atoms with Gasteiger partial charge in [-0.05, 0) is 36.4 Å². The average molecular weight is 376 g/mol. The molecule has 0 bridgehead atoms. The van der Waals surface area contributed by atoms with Crippen LogP contribution in [0.5, 0.6) is 0 Å². The molecule has 6 heteroatoms. The Morgan fingerprint density at radius 1 is 1.26 bits per heavy atom. The maximum absolute atomic E-state index is 12.2. The predicted molar refractivity (Wildman–Crippen MR) is 89.4 cm³/mol. The Bertz CT molecular complexity index is 718. The van der Waals surface area contributed by atoms with E-state index in [2.05, 4.69) is 27.8 Å².